The summed E-state index contributed by atoms with van der Waals surface area (Å²) in [5, 5.41) is 0. The van der Waals surface area contributed by atoms with E-state index in [4.69, 9.17) is 0 Å². The molecule has 0 radical (unpaired) electrons. The molecule has 0 aliphatic carbocycles. The highest BCUT2D eigenvalue weighted by molar-refractivity contribution is 7.16. The number of nitrogens with zero attached hydrogens (tertiary/aromatic N) is 2. The van der Waals surface area contributed by atoms with Gasteiger partial charge >= 0.3 is 0 Å². The fraction of sp³-hybridized carbons (Fsp3) is 0.333. The molecule has 134 valence electrons. The van der Waals surface area contributed by atoms with Crippen molar-refractivity contribution in [2.24, 2.45) is 0 Å². The molecule has 1 saturated heterocycles. The average molecular weight is 368 g/mol. The van der Waals surface area contributed by atoms with Crippen LogP contribution in [0.5, 0.6) is 0 Å². The average Bonchev–Trinajstić information content (AvgIpc) is 3.26. The summed E-state index contributed by atoms with van der Waals surface area (Å²) in [6, 6.07) is 12.9. The van der Waals surface area contributed by atoms with Gasteiger partial charge in [-0.3, -0.25) is 4.79 Å². The lowest BCUT2D eigenvalue weighted by Gasteiger charge is -2.29. The van der Waals surface area contributed by atoms with Gasteiger partial charge in [0.15, 0.2) is 0 Å². The molecule has 3 nitrogen and oxygen atoms in total. The Morgan fingerprint density at radius 3 is 2.85 bits per heavy atom. The lowest BCUT2D eigenvalue weighted by Crippen LogP contribution is -2.40. The molecule has 26 heavy (non-hydrogen) atoms. The van der Waals surface area contributed by atoms with Gasteiger partial charge in [0.25, 0.3) is 5.91 Å². The number of rotatable bonds is 4. The van der Waals surface area contributed by atoms with Crippen LogP contribution in [-0.4, -0.2) is 27.9 Å². The molecule has 1 aliphatic rings. The van der Waals surface area contributed by atoms with Crippen LogP contribution in [0.25, 0.3) is 10.2 Å². The minimum Gasteiger partial charge on any atom is -0.333 e. The van der Waals surface area contributed by atoms with E-state index < -0.39 is 0 Å². The number of hydrogen-bond donors (Lipinski definition) is 0. The summed E-state index contributed by atoms with van der Waals surface area (Å²) in [6.45, 7) is 2.12. The first-order valence-electron chi connectivity index (χ1n) is 9.02. The number of thiazole rings is 1. The van der Waals surface area contributed by atoms with Gasteiger partial charge < -0.3 is 4.90 Å². The number of carbonyl (C=O) groups is 1. The first kappa shape index (κ1) is 17.2. The van der Waals surface area contributed by atoms with Crippen molar-refractivity contribution in [2.75, 3.05) is 0 Å². The van der Waals surface area contributed by atoms with Crippen molar-refractivity contribution in [3.8, 4) is 0 Å². The molecule has 0 saturated carbocycles. The Morgan fingerprint density at radius 2 is 2.04 bits per heavy atom. The van der Waals surface area contributed by atoms with Gasteiger partial charge in [-0.1, -0.05) is 12.1 Å². The summed E-state index contributed by atoms with van der Waals surface area (Å²) in [6.07, 6.45) is 3.80. The molecule has 1 aromatic heterocycles. The van der Waals surface area contributed by atoms with Gasteiger partial charge in [0.1, 0.15) is 5.82 Å². The van der Waals surface area contributed by atoms with E-state index >= 15 is 0 Å². The molecule has 0 N–H and O–H groups in total. The Bertz CT molecular complexity index is 921. The molecule has 1 fully saturated rings. The van der Waals surface area contributed by atoms with E-state index in [0.29, 0.717) is 5.56 Å². The van der Waals surface area contributed by atoms with E-state index in [-0.39, 0.29) is 23.8 Å². The second kappa shape index (κ2) is 7.16. The summed E-state index contributed by atoms with van der Waals surface area (Å²) >= 11 is 1.59. The number of likely N-dealkylation sites (tertiary alicyclic amines) is 1. The first-order chi connectivity index (χ1) is 12.6. The number of amides is 1. The van der Waals surface area contributed by atoms with Crippen molar-refractivity contribution in [1.82, 2.24) is 9.88 Å². The van der Waals surface area contributed by atoms with E-state index in [1.807, 2.05) is 40.7 Å². The highest BCUT2D eigenvalue weighted by Gasteiger charge is 2.34. The highest BCUT2D eigenvalue weighted by atomic mass is 32.1. The third-order valence-electron chi connectivity index (χ3n) is 5.28. The van der Waals surface area contributed by atoms with Crippen LogP contribution in [0.2, 0.25) is 0 Å². The molecule has 2 heterocycles. The number of hydrogen-bond acceptors (Lipinski definition) is 3. The van der Waals surface area contributed by atoms with Crippen molar-refractivity contribution in [1.29, 1.82) is 0 Å². The maximum absolute atomic E-state index is 13.1. The lowest BCUT2D eigenvalue weighted by molar-refractivity contribution is 0.0673. The molecule has 2 aromatic carbocycles. The zero-order valence-electron chi connectivity index (χ0n) is 14.7. The molecule has 1 aliphatic heterocycles. The molecule has 3 aromatic rings. The topological polar surface area (TPSA) is 33.2 Å². The standard InChI is InChI=1S/C21H21FN2OS/c1-14-2-9-18(10-5-15-3-7-17(22)8-4-15)24(14)21(25)16-6-11-20-19(12-16)23-13-26-20/h3-4,6-8,11-14,18H,2,5,9-10H2,1H3/t14-,18-/m1/s1. The van der Waals surface area contributed by atoms with E-state index in [1.165, 1.54) is 12.1 Å². The Kier molecular flexibility index (Phi) is 4.72. The van der Waals surface area contributed by atoms with Crippen LogP contribution >= 0.6 is 11.3 Å². The second-order valence-corrected chi connectivity index (χ2v) is 7.88. The largest absolute Gasteiger partial charge is 0.333 e. The number of halogens is 1. The van der Waals surface area contributed by atoms with Crippen LogP contribution in [0.3, 0.4) is 0 Å². The predicted octanol–water partition coefficient (Wildman–Crippen LogP) is 5.06. The molecular formula is C21H21FN2OS. The molecule has 4 rings (SSSR count). The number of benzene rings is 2. The quantitative estimate of drug-likeness (QED) is 0.645. The molecule has 0 unspecified atom stereocenters. The van der Waals surface area contributed by atoms with Gasteiger partial charge in [-0.15, -0.1) is 11.3 Å². The van der Waals surface area contributed by atoms with E-state index in [0.717, 1.165) is 41.5 Å². The summed E-state index contributed by atoms with van der Waals surface area (Å²) < 4.78 is 14.2. The van der Waals surface area contributed by atoms with Gasteiger partial charge in [-0.05, 0) is 68.5 Å². The highest BCUT2D eigenvalue weighted by Crippen LogP contribution is 2.30. The smallest absolute Gasteiger partial charge is 0.254 e. The molecular weight excluding hydrogens is 347 g/mol. The molecule has 2 atom stereocenters. The summed E-state index contributed by atoms with van der Waals surface area (Å²) in [7, 11) is 0. The van der Waals surface area contributed by atoms with Crippen molar-refractivity contribution in [3.05, 3.63) is 64.9 Å². The minimum atomic E-state index is -0.211. The molecule has 1 amide bonds. The van der Waals surface area contributed by atoms with Gasteiger partial charge in [0, 0.05) is 17.6 Å². The van der Waals surface area contributed by atoms with Crippen molar-refractivity contribution < 1.29 is 9.18 Å². The fourth-order valence-corrected chi connectivity index (χ4v) is 4.50. The van der Waals surface area contributed by atoms with E-state index in [9.17, 15) is 9.18 Å². The Hall–Kier alpha value is -2.27. The van der Waals surface area contributed by atoms with Crippen LogP contribution in [0, 0.1) is 5.82 Å². The Morgan fingerprint density at radius 1 is 1.23 bits per heavy atom. The SMILES string of the molecule is C[C@@H]1CC[C@H](CCc2ccc(F)cc2)N1C(=O)c1ccc2scnc2c1. The zero-order valence-corrected chi connectivity index (χ0v) is 15.5. The number of aromatic nitrogens is 1. The Labute approximate surface area is 156 Å². The predicted molar refractivity (Wildman–Crippen MR) is 103 cm³/mol. The second-order valence-electron chi connectivity index (χ2n) is 6.99. The van der Waals surface area contributed by atoms with Crippen molar-refractivity contribution in [2.45, 2.75) is 44.7 Å². The number of carbonyl (C=O) groups excluding carboxylic acids is 1. The van der Waals surface area contributed by atoms with Gasteiger partial charge in [0.2, 0.25) is 0 Å². The zero-order chi connectivity index (χ0) is 18.1. The Balaban J connectivity index is 1.50. The molecule has 0 bridgehead atoms. The van der Waals surface area contributed by atoms with Gasteiger partial charge in [0.05, 0.1) is 15.7 Å². The summed E-state index contributed by atoms with van der Waals surface area (Å²) in [5.41, 5.74) is 4.52. The number of fused-ring (bicyclic) bond motifs is 1. The maximum atomic E-state index is 13.1. The fourth-order valence-electron chi connectivity index (χ4n) is 3.85. The van der Waals surface area contributed by atoms with E-state index in [2.05, 4.69) is 11.9 Å². The molecule has 0 spiro atoms. The third-order valence-corrected chi connectivity index (χ3v) is 6.09. The number of aryl methyl sites for hydroxylation is 1. The first-order valence-corrected chi connectivity index (χ1v) is 9.90. The van der Waals surface area contributed by atoms with Crippen LogP contribution < -0.4 is 0 Å². The summed E-state index contributed by atoms with van der Waals surface area (Å²) in [5.74, 6) is -0.119. The maximum Gasteiger partial charge on any atom is 0.254 e. The van der Waals surface area contributed by atoms with Crippen LogP contribution in [0.15, 0.2) is 48.0 Å². The molecule has 5 heteroatoms. The minimum absolute atomic E-state index is 0.0917. The van der Waals surface area contributed by atoms with Crippen LogP contribution in [0.4, 0.5) is 4.39 Å². The van der Waals surface area contributed by atoms with Crippen molar-refractivity contribution >= 4 is 27.5 Å². The lowest BCUT2D eigenvalue weighted by atomic mass is 10.0. The monoisotopic (exact) mass is 368 g/mol. The summed E-state index contributed by atoms with van der Waals surface area (Å²) in [4.78, 5) is 19.5. The van der Waals surface area contributed by atoms with Crippen molar-refractivity contribution in [3.63, 3.8) is 0 Å². The van der Waals surface area contributed by atoms with Crippen LogP contribution in [0.1, 0.15) is 42.1 Å². The normalized spacial score (nSPS) is 20.0. The van der Waals surface area contributed by atoms with Crippen LogP contribution in [-0.2, 0) is 6.42 Å². The van der Waals surface area contributed by atoms with Gasteiger partial charge in [-0.2, -0.15) is 0 Å². The van der Waals surface area contributed by atoms with Gasteiger partial charge in [-0.25, -0.2) is 9.37 Å². The van der Waals surface area contributed by atoms with E-state index in [1.54, 1.807) is 11.3 Å². The third kappa shape index (κ3) is 3.36.